The first-order valence-corrected chi connectivity index (χ1v) is 8.55. The Kier molecular flexibility index (Phi) is 5.36. The monoisotopic (exact) mass is 364 g/mol. The van der Waals surface area contributed by atoms with Crippen LogP contribution in [0.4, 0.5) is 19.7 Å². The van der Waals surface area contributed by atoms with E-state index < -0.39 is 23.9 Å². The Labute approximate surface area is 150 Å². The van der Waals surface area contributed by atoms with E-state index in [1.165, 1.54) is 18.2 Å². The van der Waals surface area contributed by atoms with Crippen molar-refractivity contribution in [3.8, 4) is 0 Å². The van der Waals surface area contributed by atoms with Crippen molar-refractivity contribution in [1.29, 1.82) is 0 Å². The number of hydrogen-bond acceptors (Lipinski definition) is 5. The molecule has 0 aliphatic carbocycles. The average Bonchev–Trinajstić information content (AvgIpc) is 2.63. The van der Waals surface area contributed by atoms with Gasteiger partial charge in [-0.2, -0.15) is 0 Å². The van der Waals surface area contributed by atoms with Crippen LogP contribution >= 0.6 is 0 Å². The fourth-order valence-corrected chi connectivity index (χ4v) is 3.16. The molecule has 26 heavy (non-hydrogen) atoms. The number of nitrogens with zero attached hydrogens (tertiary/aromatic N) is 3. The van der Waals surface area contributed by atoms with Gasteiger partial charge in [0.2, 0.25) is 5.91 Å². The molecule has 2 fully saturated rings. The second kappa shape index (κ2) is 7.69. The molecule has 0 bridgehead atoms. The molecule has 1 N–H and O–H groups in total. The molecule has 140 valence electrons. The zero-order chi connectivity index (χ0) is 18.7. The van der Waals surface area contributed by atoms with Crippen molar-refractivity contribution in [3.63, 3.8) is 0 Å². The summed E-state index contributed by atoms with van der Waals surface area (Å²) in [7, 11) is 0. The van der Waals surface area contributed by atoms with Gasteiger partial charge in [-0.15, -0.1) is 0 Å². The van der Waals surface area contributed by atoms with Crippen LogP contribution in [-0.2, 0) is 9.53 Å². The Morgan fingerprint density at radius 2 is 1.92 bits per heavy atom. The lowest BCUT2D eigenvalue weighted by Gasteiger charge is -2.41. The Balaban J connectivity index is 1.62. The number of nitrogens with one attached hydrogen (secondary N) is 1. The highest BCUT2D eigenvalue weighted by Gasteiger charge is 2.38. The van der Waals surface area contributed by atoms with E-state index in [2.05, 4.69) is 5.32 Å². The number of amides is 4. The lowest BCUT2D eigenvalue weighted by Crippen LogP contribution is -2.63. The summed E-state index contributed by atoms with van der Waals surface area (Å²) in [6, 6.07) is 5.02. The van der Waals surface area contributed by atoms with Gasteiger partial charge in [-0.3, -0.25) is 9.69 Å². The molecule has 2 aliphatic rings. The summed E-state index contributed by atoms with van der Waals surface area (Å²) in [6.07, 6.45) is -0.788. The van der Waals surface area contributed by atoms with Crippen molar-refractivity contribution in [1.82, 2.24) is 15.1 Å². The van der Waals surface area contributed by atoms with Gasteiger partial charge in [-0.1, -0.05) is 12.1 Å². The number of benzene rings is 1. The normalized spacial score (nSPS) is 21.5. The van der Waals surface area contributed by atoms with E-state index in [0.717, 1.165) is 4.90 Å². The molecule has 1 unspecified atom stereocenters. The number of carbonyl (C=O) groups is 3. The SMILES string of the molecule is CCOC(=O)N1CCN(C2CC(=O)N(c3ccccc3F)C(=O)N2)CC1. The standard InChI is InChI=1S/C17H21FN4O4/c1-2-26-17(25)21-9-7-20(8-10-21)14-11-15(23)22(16(24)19-14)13-6-4-3-5-12(13)18/h3-6,14H,2,7-11H2,1H3,(H,19,24). The first-order chi connectivity index (χ1) is 12.5. The fourth-order valence-electron chi connectivity index (χ4n) is 3.16. The lowest BCUT2D eigenvalue weighted by molar-refractivity contribution is -0.120. The van der Waals surface area contributed by atoms with Gasteiger partial charge < -0.3 is 15.0 Å². The van der Waals surface area contributed by atoms with Crippen molar-refractivity contribution in [2.24, 2.45) is 0 Å². The summed E-state index contributed by atoms with van der Waals surface area (Å²) in [6.45, 7) is 4.00. The van der Waals surface area contributed by atoms with E-state index >= 15 is 0 Å². The van der Waals surface area contributed by atoms with Gasteiger partial charge in [0.1, 0.15) is 5.82 Å². The van der Waals surface area contributed by atoms with E-state index in [9.17, 15) is 18.8 Å². The molecule has 1 atom stereocenters. The summed E-state index contributed by atoms with van der Waals surface area (Å²) in [5, 5.41) is 2.75. The Bertz CT molecular complexity index is 688. The van der Waals surface area contributed by atoms with Crippen molar-refractivity contribution in [2.75, 3.05) is 37.7 Å². The smallest absolute Gasteiger partial charge is 0.409 e. The summed E-state index contributed by atoms with van der Waals surface area (Å²) in [5.74, 6) is -1.09. The number of ether oxygens (including phenoxy) is 1. The summed E-state index contributed by atoms with van der Waals surface area (Å²) >= 11 is 0. The van der Waals surface area contributed by atoms with Crippen molar-refractivity contribution in [2.45, 2.75) is 19.5 Å². The first kappa shape index (κ1) is 18.1. The maximum Gasteiger partial charge on any atom is 0.409 e. The van der Waals surface area contributed by atoms with Gasteiger partial charge in [0.15, 0.2) is 0 Å². The van der Waals surface area contributed by atoms with Crippen LogP contribution in [0.1, 0.15) is 13.3 Å². The molecule has 2 saturated heterocycles. The van der Waals surface area contributed by atoms with Crippen molar-refractivity contribution in [3.05, 3.63) is 30.1 Å². The van der Waals surface area contributed by atoms with E-state index in [-0.39, 0.29) is 18.2 Å². The predicted molar refractivity (Wildman–Crippen MR) is 91.0 cm³/mol. The molecular formula is C17H21FN4O4. The van der Waals surface area contributed by atoms with Crippen LogP contribution in [0.3, 0.4) is 0 Å². The Morgan fingerprint density at radius 1 is 1.23 bits per heavy atom. The number of anilines is 1. The molecule has 4 amide bonds. The van der Waals surface area contributed by atoms with Crippen LogP contribution < -0.4 is 10.2 Å². The minimum Gasteiger partial charge on any atom is -0.450 e. The van der Waals surface area contributed by atoms with Gasteiger partial charge in [-0.25, -0.2) is 18.9 Å². The molecular weight excluding hydrogens is 343 g/mol. The number of para-hydroxylation sites is 1. The average molecular weight is 364 g/mol. The molecule has 9 heteroatoms. The number of halogens is 1. The van der Waals surface area contributed by atoms with E-state index in [1.807, 2.05) is 4.90 Å². The molecule has 0 radical (unpaired) electrons. The third kappa shape index (κ3) is 3.62. The maximum atomic E-state index is 13.9. The van der Waals surface area contributed by atoms with Crippen LogP contribution in [0.5, 0.6) is 0 Å². The number of rotatable bonds is 3. The first-order valence-electron chi connectivity index (χ1n) is 8.55. The van der Waals surface area contributed by atoms with Gasteiger partial charge in [0, 0.05) is 26.2 Å². The lowest BCUT2D eigenvalue weighted by atomic mass is 10.1. The highest BCUT2D eigenvalue weighted by molar-refractivity contribution is 6.16. The van der Waals surface area contributed by atoms with Gasteiger partial charge in [-0.05, 0) is 19.1 Å². The highest BCUT2D eigenvalue weighted by Crippen LogP contribution is 2.23. The number of urea groups is 1. The van der Waals surface area contributed by atoms with Gasteiger partial charge in [0.25, 0.3) is 0 Å². The van der Waals surface area contributed by atoms with E-state index in [1.54, 1.807) is 17.9 Å². The second-order valence-corrected chi connectivity index (χ2v) is 6.07. The Hall–Kier alpha value is -2.68. The highest BCUT2D eigenvalue weighted by atomic mass is 19.1. The van der Waals surface area contributed by atoms with Crippen LogP contribution in [-0.4, -0.2) is 66.8 Å². The predicted octanol–water partition coefficient (Wildman–Crippen LogP) is 1.37. The van der Waals surface area contributed by atoms with Crippen LogP contribution in [0, 0.1) is 5.82 Å². The van der Waals surface area contributed by atoms with Crippen LogP contribution in [0.2, 0.25) is 0 Å². The largest absolute Gasteiger partial charge is 0.450 e. The van der Waals surface area contributed by atoms with E-state index in [0.29, 0.717) is 32.8 Å². The number of piperazine rings is 1. The molecule has 0 spiro atoms. The van der Waals surface area contributed by atoms with Gasteiger partial charge in [0.05, 0.1) is 24.9 Å². The van der Waals surface area contributed by atoms with Crippen LogP contribution in [0.25, 0.3) is 0 Å². The fraction of sp³-hybridized carbons (Fsp3) is 0.471. The molecule has 8 nitrogen and oxygen atoms in total. The van der Waals surface area contributed by atoms with Crippen molar-refractivity contribution >= 4 is 23.7 Å². The summed E-state index contributed by atoms with van der Waals surface area (Å²) in [4.78, 5) is 40.9. The second-order valence-electron chi connectivity index (χ2n) is 6.07. The zero-order valence-electron chi connectivity index (χ0n) is 14.5. The van der Waals surface area contributed by atoms with Crippen LogP contribution in [0.15, 0.2) is 24.3 Å². The summed E-state index contributed by atoms with van der Waals surface area (Å²) in [5.41, 5.74) is -0.0550. The minimum absolute atomic E-state index is 0.0412. The van der Waals surface area contributed by atoms with Crippen molar-refractivity contribution < 1.29 is 23.5 Å². The molecule has 1 aromatic rings. The molecule has 2 heterocycles. The Morgan fingerprint density at radius 3 is 2.54 bits per heavy atom. The topological polar surface area (TPSA) is 82.2 Å². The molecule has 0 aromatic heterocycles. The molecule has 1 aromatic carbocycles. The molecule has 2 aliphatic heterocycles. The maximum absolute atomic E-state index is 13.9. The minimum atomic E-state index is -0.649. The number of hydrogen-bond donors (Lipinski definition) is 1. The zero-order valence-corrected chi connectivity index (χ0v) is 14.5. The third-order valence-electron chi connectivity index (χ3n) is 4.48. The molecule has 3 rings (SSSR count). The quantitative estimate of drug-likeness (QED) is 0.876. The number of carbonyl (C=O) groups excluding carboxylic acids is 3. The summed E-state index contributed by atoms with van der Waals surface area (Å²) < 4.78 is 18.9. The third-order valence-corrected chi connectivity index (χ3v) is 4.48. The molecule has 0 saturated carbocycles. The van der Waals surface area contributed by atoms with E-state index in [4.69, 9.17) is 4.74 Å². The number of imide groups is 1. The van der Waals surface area contributed by atoms with Gasteiger partial charge >= 0.3 is 12.1 Å².